The molecule has 0 aliphatic carbocycles. The third-order valence-electron chi connectivity index (χ3n) is 3.85. The van der Waals surface area contributed by atoms with Crippen molar-refractivity contribution in [3.8, 4) is 0 Å². The van der Waals surface area contributed by atoms with Crippen LogP contribution in [0.25, 0.3) is 0 Å². The number of aryl methyl sites for hydroxylation is 1. The zero-order valence-corrected chi connectivity index (χ0v) is 16.9. The molecule has 0 N–H and O–H groups in total. The van der Waals surface area contributed by atoms with Crippen molar-refractivity contribution in [3.05, 3.63) is 70.2 Å². The molecule has 0 atom stereocenters. The highest BCUT2D eigenvalue weighted by atomic mass is 35.5. The predicted octanol–water partition coefficient (Wildman–Crippen LogP) is 5.67. The third kappa shape index (κ3) is 4.98. The second kappa shape index (κ2) is 8.40. The minimum Gasteiger partial charge on any atom is -0.294 e. The summed E-state index contributed by atoms with van der Waals surface area (Å²) in [5.41, 5.74) is 0.947. The SMILES string of the molecule is Cc1cccc(C(=O)N(Cl)N(Cl)C(C)(C)CC(=O)c2ccc(Cl)cc2)c1. The van der Waals surface area contributed by atoms with Gasteiger partial charge in [-0.1, -0.05) is 29.3 Å². The first-order valence-electron chi connectivity index (χ1n) is 7.93. The van der Waals surface area contributed by atoms with Crippen molar-refractivity contribution < 1.29 is 9.59 Å². The zero-order chi connectivity index (χ0) is 19.5. The predicted molar refractivity (Wildman–Crippen MR) is 105 cm³/mol. The summed E-state index contributed by atoms with van der Waals surface area (Å²) in [5, 5.41) is 0.551. The quantitative estimate of drug-likeness (QED) is 0.348. The number of halogens is 3. The minimum absolute atomic E-state index is 0.0580. The van der Waals surface area contributed by atoms with Gasteiger partial charge in [0.15, 0.2) is 5.78 Å². The lowest BCUT2D eigenvalue weighted by Crippen LogP contribution is -2.48. The summed E-state index contributed by atoms with van der Waals surface area (Å²) in [6.07, 6.45) is 0.0580. The fraction of sp³-hybridized carbons (Fsp3) is 0.263. The van der Waals surface area contributed by atoms with E-state index in [4.69, 9.17) is 35.2 Å². The summed E-state index contributed by atoms with van der Waals surface area (Å²) in [6.45, 7) is 5.34. The van der Waals surface area contributed by atoms with Crippen molar-refractivity contribution in [1.82, 2.24) is 9.06 Å². The molecule has 2 aromatic rings. The second-order valence-electron chi connectivity index (χ2n) is 6.61. The highest BCUT2D eigenvalue weighted by Gasteiger charge is 2.35. The van der Waals surface area contributed by atoms with Gasteiger partial charge in [0.25, 0.3) is 5.91 Å². The van der Waals surface area contributed by atoms with E-state index in [-0.39, 0.29) is 12.2 Å². The van der Waals surface area contributed by atoms with E-state index in [1.54, 1.807) is 56.3 Å². The van der Waals surface area contributed by atoms with E-state index in [2.05, 4.69) is 0 Å². The van der Waals surface area contributed by atoms with E-state index in [1.165, 1.54) is 0 Å². The van der Waals surface area contributed by atoms with Gasteiger partial charge in [-0.15, -0.1) is 4.53 Å². The van der Waals surface area contributed by atoms with Crippen LogP contribution in [-0.2, 0) is 0 Å². The van der Waals surface area contributed by atoms with Crippen LogP contribution >= 0.6 is 35.2 Å². The van der Waals surface area contributed by atoms with Crippen LogP contribution in [-0.4, -0.2) is 26.3 Å². The summed E-state index contributed by atoms with van der Waals surface area (Å²) in [7, 11) is 0. The Labute approximate surface area is 168 Å². The van der Waals surface area contributed by atoms with Gasteiger partial charge in [0.1, 0.15) is 0 Å². The van der Waals surface area contributed by atoms with Gasteiger partial charge >= 0.3 is 0 Å². The second-order valence-corrected chi connectivity index (χ2v) is 7.69. The maximum Gasteiger partial charge on any atom is 0.284 e. The molecule has 0 saturated heterocycles. The molecule has 1 amide bonds. The van der Waals surface area contributed by atoms with E-state index in [0.717, 1.165) is 14.6 Å². The van der Waals surface area contributed by atoms with Crippen molar-refractivity contribution in [2.24, 2.45) is 0 Å². The Morgan fingerprint density at radius 3 is 2.19 bits per heavy atom. The number of nitrogens with zero attached hydrogens (tertiary/aromatic N) is 2. The molecule has 0 aliphatic rings. The molecule has 0 aliphatic heterocycles. The number of hydrogen-bond donors (Lipinski definition) is 0. The minimum atomic E-state index is -0.903. The zero-order valence-electron chi connectivity index (χ0n) is 14.7. The van der Waals surface area contributed by atoms with E-state index in [0.29, 0.717) is 16.1 Å². The fourth-order valence-electron chi connectivity index (χ4n) is 2.40. The largest absolute Gasteiger partial charge is 0.294 e. The van der Waals surface area contributed by atoms with E-state index < -0.39 is 11.4 Å². The number of hydrazine groups is 1. The Balaban J connectivity index is 2.12. The molecule has 0 radical (unpaired) electrons. The molecule has 138 valence electrons. The topological polar surface area (TPSA) is 40.6 Å². The summed E-state index contributed by atoms with van der Waals surface area (Å²) < 4.78 is 1.85. The maximum atomic E-state index is 12.5. The van der Waals surface area contributed by atoms with E-state index in [1.807, 2.05) is 13.0 Å². The Bertz CT molecular complexity index is 807. The molecule has 2 rings (SSSR count). The first-order valence-corrected chi connectivity index (χ1v) is 8.99. The number of carbonyl (C=O) groups excluding carboxylic acids is 2. The number of ketones is 1. The lowest BCUT2D eigenvalue weighted by atomic mass is 9.95. The molecule has 7 heteroatoms. The van der Waals surface area contributed by atoms with Crippen LogP contribution in [0.3, 0.4) is 0 Å². The van der Waals surface area contributed by atoms with Gasteiger partial charge in [-0.05, 0) is 57.2 Å². The average molecular weight is 414 g/mol. The van der Waals surface area contributed by atoms with Crippen molar-refractivity contribution in [2.45, 2.75) is 32.7 Å². The van der Waals surface area contributed by atoms with Crippen LogP contribution in [0.15, 0.2) is 48.5 Å². The number of Topliss-reactive ketones (excluding diaryl/α,β-unsaturated/α-hetero) is 1. The monoisotopic (exact) mass is 412 g/mol. The molecule has 26 heavy (non-hydrogen) atoms. The van der Waals surface area contributed by atoms with Gasteiger partial charge in [-0.3, -0.25) is 9.59 Å². The normalized spacial score (nSPS) is 11.5. The Morgan fingerprint density at radius 2 is 1.62 bits per heavy atom. The molecule has 0 saturated carbocycles. The average Bonchev–Trinajstić information content (AvgIpc) is 2.60. The fourth-order valence-corrected chi connectivity index (χ4v) is 2.95. The van der Waals surface area contributed by atoms with E-state index >= 15 is 0 Å². The maximum absolute atomic E-state index is 12.5. The van der Waals surface area contributed by atoms with Crippen LogP contribution in [0.2, 0.25) is 5.02 Å². The smallest absolute Gasteiger partial charge is 0.284 e. The van der Waals surface area contributed by atoms with Crippen molar-refractivity contribution in [3.63, 3.8) is 0 Å². The molecule has 0 fully saturated rings. The standard InChI is InChI=1S/C19H19Cl3N2O2/c1-13-5-4-6-15(11-13)18(26)23(21)24(22)19(2,3)12-17(25)14-7-9-16(20)10-8-14/h4-11H,12H2,1-3H3. The number of hydrogen-bond acceptors (Lipinski definition) is 3. The summed E-state index contributed by atoms with van der Waals surface area (Å²) >= 11 is 18.3. The molecule has 2 aromatic carbocycles. The molecular formula is C19H19Cl3N2O2. The molecule has 0 heterocycles. The molecule has 0 unspecified atom stereocenters. The highest BCUT2D eigenvalue weighted by Crippen LogP contribution is 2.28. The Hall–Kier alpha value is -1.59. The first-order chi connectivity index (χ1) is 12.1. The summed E-state index contributed by atoms with van der Waals surface area (Å²) in [6, 6.07) is 13.6. The van der Waals surface area contributed by atoms with E-state index in [9.17, 15) is 9.59 Å². The van der Waals surface area contributed by atoms with Gasteiger partial charge in [0.05, 0.1) is 5.54 Å². The number of rotatable bonds is 6. The van der Waals surface area contributed by atoms with Crippen LogP contribution in [0.5, 0.6) is 0 Å². The van der Waals surface area contributed by atoms with Crippen LogP contribution in [0.4, 0.5) is 0 Å². The lowest BCUT2D eigenvalue weighted by Gasteiger charge is -2.35. The highest BCUT2D eigenvalue weighted by molar-refractivity contribution is 6.30. The molecule has 0 aromatic heterocycles. The Kier molecular flexibility index (Phi) is 6.69. The van der Waals surface area contributed by atoms with Crippen molar-refractivity contribution in [1.29, 1.82) is 0 Å². The third-order valence-corrected chi connectivity index (χ3v) is 5.09. The van der Waals surface area contributed by atoms with Crippen molar-refractivity contribution >= 4 is 46.8 Å². The van der Waals surface area contributed by atoms with Gasteiger partial charge in [0, 0.05) is 46.1 Å². The Morgan fingerprint density at radius 1 is 1.00 bits per heavy atom. The molecular weight excluding hydrogens is 395 g/mol. The number of benzene rings is 2. The number of amides is 1. The lowest BCUT2D eigenvalue weighted by molar-refractivity contribution is 0.0374. The van der Waals surface area contributed by atoms with Crippen LogP contribution < -0.4 is 0 Å². The summed E-state index contributed by atoms with van der Waals surface area (Å²) in [5.74, 6) is -0.609. The van der Waals surface area contributed by atoms with Gasteiger partial charge in [-0.25, -0.2) is 0 Å². The number of carbonyl (C=O) groups is 2. The molecule has 0 bridgehead atoms. The van der Waals surface area contributed by atoms with Crippen LogP contribution in [0.1, 0.15) is 46.5 Å². The van der Waals surface area contributed by atoms with Gasteiger partial charge in [0.2, 0.25) is 0 Å². The molecule has 0 spiro atoms. The van der Waals surface area contributed by atoms with Gasteiger partial charge in [-0.2, -0.15) is 4.53 Å². The van der Waals surface area contributed by atoms with Crippen molar-refractivity contribution in [2.75, 3.05) is 0 Å². The summed E-state index contributed by atoms with van der Waals surface area (Å²) in [4.78, 5) is 25.1. The molecule has 4 nitrogen and oxygen atoms in total. The van der Waals surface area contributed by atoms with Gasteiger partial charge < -0.3 is 0 Å². The van der Waals surface area contributed by atoms with Crippen LogP contribution in [0, 0.1) is 6.92 Å². The first kappa shape index (κ1) is 20.7.